The highest BCUT2D eigenvalue weighted by Gasteiger charge is 2.36. The molecule has 6 heteroatoms. The molecule has 0 aromatic carbocycles. The summed E-state index contributed by atoms with van der Waals surface area (Å²) in [4.78, 5) is 31.6. The molecule has 0 aliphatic carbocycles. The van der Waals surface area contributed by atoms with Gasteiger partial charge in [-0.15, -0.1) is 0 Å². The van der Waals surface area contributed by atoms with Crippen molar-refractivity contribution in [1.29, 1.82) is 0 Å². The van der Waals surface area contributed by atoms with Gasteiger partial charge in [0.05, 0.1) is 13.0 Å². The largest absolute Gasteiger partial charge is 0.469 e. The first-order valence-electron chi connectivity index (χ1n) is 5.50. The summed E-state index contributed by atoms with van der Waals surface area (Å²) in [7, 11) is 1.38. The lowest BCUT2D eigenvalue weighted by molar-refractivity contribution is -0.145. The van der Waals surface area contributed by atoms with Crippen molar-refractivity contribution in [1.82, 2.24) is 9.97 Å². The minimum Gasteiger partial charge on any atom is -0.469 e. The topological polar surface area (TPSA) is 75.3 Å². The van der Waals surface area contributed by atoms with Gasteiger partial charge in [-0.2, -0.15) is 0 Å². The summed E-state index contributed by atoms with van der Waals surface area (Å²) < 4.78 is 4.75. The highest BCUT2D eigenvalue weighted by atomic mass is 16.5. The minimum atomic E-state index is -0.231. The van der Waals surface area contributed by atoms with E-state index in [1.165, 1.54) is 19.5 Å². The number of esters is 1. The molecule has 0 bridgehead atoms. The van der Waals surface area contributed by atoms with Gasteiger partial charge in [-0.1, -0.05) is 6.92 Å². The number of nitrogens with zero attached hydrogens (tertiary/aromatic N) is 2. The minimum absolute atomic E-state index is 0.156. The number of ether oxygens (including phenoxy) is 1. The Morgan fingerprint density at radius 3 is 3.00 bits per heavy atom. The summed E-state index contributed by atoms with van der Waals surface area (Å²) in [6, 6.07) is 0. The summed E-state index contributed by atoms with van der Waals surface area (Å²) in [5, 5.41) is 0. The van der Waals surface area contributed by atoms with Crippen LogP contribution in [0.1, 0.15) is 6.92 Å². The van der Waals surface area contributed by atoms with Crippen molar-refractivity contribution in [3.8, 4) is 0 Å². The molecule has 0 amide bonds. The molecule has 0 saturated carbocycles. The second-order valence-electron chi connectivity index (χ2n) is 4.25. The van der Waals surface area contributed by atoms with E-state index in [4.69, 9.17) is 4.74 Å². The number of carbonyl (C=O) groups is 1. The van der Waals surface area contributed by atoms with Gasteiger partial charge in [0, 0.05) is 25.5 Å². The van der Waals surface area contributed by atoms with Crippen LogP contribution in [0.25, 0.3) is 0 Å². The van der Waals surface area contributed by atoms with Crippen LogP contribution in [0.5, 0.6) is 0 Å². The zero-order valence-electron chi connectivity index (χ0n) is 9.84. The number of hydrogen-bond acceptors (Lipinski definition) is 5. The van der Waals surface area contributed by atoms with E-state index in [1.807, 2.05) is 11.8 Å². The average Bonchev–Trinajstić information content (AvgIpc) is 2.71. The van der Waals surface area contributed by atoms with E-state index < -0.39 is 0 Å². The van der Waals surface area contributed by atoms with Gasteiger partial charge in [-0.05, 0) is 5.92 Å². The van der Waals surface area contributed by atoms with E-state index >= 15 is 0 Å². The van der Waals surface area contributed by atoms with E-state index in [1.54, 1.807) is 0 Å². The predicted molar refractivity (Wildman–Crippen MR) is 61.7 cm³/mol. The smallest absolute Gasteiger partial charge is 0.310 e. The van der Waals surface area contributed by atoms with Crippen LogP contribution < -0.4 is 10.5 Å². The number of H-pyrrole nitrogens is 1. The lowest BCUT2D eigenvalue weighted by Crippen LogP contribution is -2.29. The van der Waals surface area contributed by atoms with Crippen molar-refractivity contribution >= 4 is 11.8 Å². The fraction of sp³-hybridized carbons (Fsp3) is 0.545. The Kier molecular flexibility index (Phi) is 3.12. The molecule has 1 fully saturated rings. The van der Waals surface area contributed by atoms with Gasteiger partial charge in [0.1, 0.15) is 0 Å². The molecule has 17 heavy (non-hydrogen) atoms. The molecule has 1 N–H and O–H groups in total. The van der Waals surface area contributed by atoms with E-state index in [0.717, 1.165) is 0 Å². The zero-order valence-corrected chi connectivity index (χ0v) is 9.84. The van der Waals surface area contributed by atoms with Crippen LogP contribution in [0, 0.1) is 11.8 Å². The third-order valence-electron chi connectivity index (χ3n) is 3.10. The SMILES string of the molecule is COC(=O)C1CN(c2ncc[nH]c2=O)CC1C. The molecule has 2 unspecified atom stereocenters. The van der Waals surface area contributed by atoms with Gasteiger partial charge in [-0.25, -0.2) is 4.98 Å². The van der Waals surface area contributed by atoms with E-state index in [2.05, 4.69) is 9.97 Å². The molecule has 1 saturated heterocycles. The monoisotopic (exact) mass is 237 g/mol. The third kappa shape index (κ3) is 2.15. The second-order valence-corrected chi connectivity index (χ2v) is 4.25. The number of carbonyl (C=O) groups excluding carboxylic acids is 1. The van der Waals surface area contributed by atoms with Crippen LogP contribution in [0.4, 0.5) is 5.82 Å². The van der Waals surface area contributed by atoms with E-state index in [0.29, 0.717) is 18.9 Å². The van der Waals surface area contributed by atoms with Crippen LogP contribution in [-0.2, 0) is 9.53 Å². The molecule has 0 radical (unpaired) electrons. The molecular formula is C11H15N3O3. The Morgan fingerprint density at radius 1 is 1.59 bits per heavy atom. The van der Waals surface area contributed by atoms with Crippen molar-refractivity contribution in [2.75, 3.05) is 25.1 Å². The maximum absolute atomic E-state index is 11.6. The first kappa shape index (κ1) is 11.6. The summed E-state index contributed by atoms with van der Waals surface area (Å²) in [6.07, 6.45) is 3.02. The Labute approximate surface area is 98.6 Å². The quantitative estimate of drug-likeness (QED) is 0.734. The number of aromatic nitrogens is 2. The van der Waals surface area contributed by atoms with Gasteiger partial charge >= 0.3 is 5.97 Å². The van der Waals surface area contributed by atoms with Gasteiger partial charge in [-0.3, -0.25) is 9.59 Å². The second kappa shape index (κ2) is 4.57. The number of methoxy groups -OCH3 is 1. The lowest BCUT2D eigenvalue weighted by atomic mass is 9.99. The van der Waals surface area contributed by atoms with Gasteiger partial charge in [0.25, 0.3) is 5.56 Å². The van der Waals surface area contributed by atoms with Crippen molar-refractivity contribution in [3.63, 3.8) is 0 Å². The summed E-state index contributed by atoms with van der Waals surface area (Å²) in [6.45, 7) is 3.09. The third-order valence-corrected chi connectivity index (χ3v) is 3.10. The standard InChI is InChI=1S/C11H15N3O3/c1-7-5-14(6-8(7)11(16)17-2)9-10(15)13-4-3-12-9/h3-4,7-8H,5-6H2,1-2H3,(H,13,15). The van der Waals surface area contributed by atoms with E-state index in [9.17, 15) is 9.59 Å². The number of nitrogens with one attached hydrogen (secondary N) is 1. The number of hydrogen-bond donors (Lipinski definition) is 1. The fourth-order valence-electron chi connectivity index (χ4n) is 2.17. The Bertz CT molecular complexity index is 471. The summed E-state index contributed by atoms with van der Waals surface area (Å²) in [5.74, 6) is 0.100. The molecule has 1 aliphatic rings. The van der Waals surface area contributed by atoms with Crippen LogP contribution in [-0.4, -0.2) is 36.1 Å². The molecule has 2 atom stereocenters. The Hall–Kier alpha value is -1.85. The molecule has 92 valence electrons. The molecule has 6 nitrogen and oxygen atoms in total. The molecular weight excluding hydrogens is 222 g/mol. The summed E-state index contributed by atoms with van der Waals surface area (Å²) >= 11 is 0. The van der Waals surface area contributed by atoms with Gasteiger partial charge < -0.3 is 14.6 Å². The molecule has 0 spiro atoms. The summed E-state index contributed by atoms with van der Waals surface area (Å²) in [5.41, 5.74) is -0.231. The molecule has 2 rings (SSSR count). The van der Waals surface area contributed by atoms with E-state index in [-0.39, 0.29) is 23.4 Å². The number of aromatic amines is 1. The first-order chi connectivity index (χ1) is 8.13. The van der Waals surface area contributed by atoms with Crippen LogP contribution in [0.2, 0.25) is 0 Å². The number of rotatable bonds is 2. The first-order valence-corrected chi connectivity index (χ1v) is 5.50. The predicted octanol–water partition coefficient (Wildman–Crippen LogP) is 0.0152. The maximum Gasteiger partial charge on any atom is 0.310 e. The zero-order chi connectivity index (χ0) is 12.4. The lowest BCUT2D eigenvalue weighted by Gasteiger charge is -2.15. The molecule has 1 aromatic heterocycles. The highest BCUT2D eigenvalue weighted by Crippen LogP contribution is 2.25. The Morgan fingerprint density at radius 2 is 2.35 bits per heavy atom. The van der Waals surface area contributed by atoms with Crippen molar-refractivity contribution in [3.05, 3.63) is 22.7 Å². The van der Waals surface area contributed by atoms with Crippen LogP contribution in [0.3, 0.4) is 0 Å². The van der Waals surface area contributed by atoms with Crippen molar-refractivity contribution in [2.45, 2.75) is 6.92 Å². The van der Waals surface area contributed by atoms with Gasteiger partial charge in [0.15, 0.2) is 5.82 Å². The molecule has 2 heterocycles. The van der Waals surface area contributed by atoms with Gasteiger partial charge in [0.2, 0.25) is 0 Å². The fourth-order valence-corrected chi connectivity index (χ4v) is 2.17. The van der Waals surface area contributed by atoms with Crippen molar-refractivity contribution < 1.29 is 9.53 Å². The maximum atomic E-state index is 11.6. The molecule has 1 aromatic rings. The Balaban J connectivity index is 2.20. The van der Waals surface area contributed by atoms with Crippen molar-refractivity contribution in [2.24, 2.45) is 11.8 Å². The molecule has 1 aliphatic heterocycles. The van der Waals surface area contributed by atoms with Crippen LogP contribution >= 0.6 is 0 Å². The average molecular weight is 237 g/mol. The normalized spacial score (nSPS) is 23.8. The highest BCUT2D eigenvalue weighted by molar-refractivity contribution is 5.74. The van der Waals surface area contributed by atoms with Crippen LogP contribution in [0.15, 0.2) is 17.2 Å². The number of anilines is 1.